The molecule has 2 rings (SSSR count). The smallest absolute Gasteiger partial charge is 0.130 e. The number of hydrogen-bond acceptors (Lipinski definition) is 2. The first-order valence-electron chi connectivity index (χ1n) is 4.29. The van der Waals surface area contributed by atoms with Crippen LogP contribution in [0.3, 0.4) is 0 Å². The van der Waals surface area contributed by atoms with E-state index in [-0.39, 0.29) is 0 Å². The van der Waals surface area contributed by atoms with Crippen LogP contribution in [0, 0.1) is 3.57 Å². The van der Waals surface area contributed by atoms with Gasteiger partial charge < -0.3 is 5.32 Å². The minimum absolute atomic E-state index is 0.872. The van der Waals surface area contributed by atoms with Gasteiger partial charge in [0.2, 0.25) is 0 Å². The van der Waals surface area contributed by atoms with E-state index in [0.717, 1.165) is 11.5 Å². The largest absolute Gasteiger partial charge is 0.339 e. The Balaban J connectivity index is 2.24. The lowest BCUT2D eigenvalue weighted by Crippen LogP contribution is -1.94. The van der Waals surface area contributed by atoms with Crippen molar-refractivity contribution in [3.63, 3.8) is 0 Å². The lowest BCUT2D eigenvalue weighted by atomic mass is 10.3. The predicted octanol–water partition coefficient (Wildman–Crippen LogP) is 3.43. The third kappa shape index (κ3) is 2.23. The number of aromatic nitrogens is 1. The zero-order valence-electron chi connectivity index (χ0n) is 7.44. The molecule has 14 heavy (non-hydrogen) atoms. The Hall–Kier alpha value is -1.10. The lowest BCUT2D eigenvalue weighted by Gasteiger charge is -2.06. The number of benzene rings is 1. The molecule has 0 amide bonds. The summed E-state index contributed by atoms with van der Waals surface area (Å²) in [6.45, 7) is 0. The first kappa shape index (κ1) is 9.45. The van der Waals surface area contributed by atoms with E-state index in [1.807, 2.05) is 36.4 Å². The Kier molecular flexibility index (Phi) is 2.98. The second-order valence-corrected chi connectivity index (χ2v) is 3.98. The summed E-state index contributed by atoms with van der Waals surface area (Å²) in [7, 11) is 0. The van der Waals surface area contributed by atoms with Crippen molar-refractivity contribution in [2.45, 2.75) is 0 Å². The Morgan fingerprint density at radius 3 is 2.50 bits per heavy atom. The van der Waals surface area contributed by atoms with Gasteiger partial charge in [0.1, 0.15) is 5.82 Å². The highest BCUT2D eigenvalue weighted by Crippen LogP contribution is 2.20. The van der Waals surface area contributed by atoms with Crippen LogP contribution < -0.4 is 5.32 Å². The predicted molar refractivity (Wildman–Crippen MR) is 66.7 cm³/mol. The highest BCUT2D eigenvalue weighted by atomic mass is 127. The van der Waals surface area contributed by atoms with Crippen molar-refractivity contribution in [2.75, 3.05) is 5.32 Å². The molecule has 3 heteroatoms. The van der Waals surface area contributed by atoms with Crippen molar-refractivity contribution in [1.29, 1.82) is 0 Å². The molecule has 70 valence electrons. The molecule has 1 heterocycles. The lowest BCUT2D eigenvalue weighted by molar-refractivity contribution is 1.31. The maximum atomic E-state index is 4.20. The van der Waals surface area contributed by atoms with Gasteiger partial charge in [-0.25, -0.2) is 4.98 Å². The number of pyridine rings is 1. The molecule has 2 nitrogen and oxygen atoms in total. The Morgan fingerprint density at radius 2 is 1.79 bits per heavy atom. The summed E-state index contributed by atoms with van der Waals surface area (Å²) in [5.41, 5.74) is 1.09. The van der Waals surface area contributed by atoms with Gasteiger partial charge in [0.05, 0.1) is 5.69 Å². The van der Waals surface area contributed by atoms with Crippen LogP contribution in [0.4, 0.5) is 11.5 Å². The van der Waals surface area contributed by atoms with E-state index in [9.17, 15) is 0 Å². The maximum Gasteiger partial charge on any atom is 0.130 e. The molecule has 0 saturated heterocycles. The molecule has 0 aliphatic carbocycles. The number of para-hydroxylation sites is 1. The monoisotopic (exact) mass is 296 g/mol. The molecule has 0 aliphatic heterocycles. The van der Waals surface area contributed by atoms with Crippen LogP contribution in [0.15, 0.2) is 48.7 Å². The van der Waals surface area contributed by atoms with Crippen molar-refractivity contribution < 1.29 is 0 Å². The summed E-state index contributed by atoms with van der Waals surface area (Å²) in [5.74, 6) is 0.872. The molecular weight excluding hydrogens is 287 g/mol. The molecule has 0 fully saturated rings. The molecule has 1 aromatic carbocycles. The number of rotatable bonds is 2. The molecule has 0 bridgehead atoms. The van der Waals surface area contributed by atoms with E-state index in [1.54, 1.807) is 6.20 Å². The third-order valence-corrected chi connectivity index (χ3v) is 2.74. The van der Waals surface area contributed by atoms with Crippen molar-refractivity contribution in [3.05, 3.63) is 52.2 Å². The van der Waals surface area contributed by atoms with Gasteiger partial charge in [-0.1, -0.05) is 18.2 Å². The van der Waals surface area contributed by atoms with Crippen LogP contribution in [0.1, 0.15) is 0 Å². The normalized spacial score (nSPS) is 9.79. The molecule has 0 aliphatic rings. The number of halogens is 1. The zero-order valence-corrected chi connectivity index (χ0v) is 9.60. The standard InChI is InChI=1S/C11H9IN2/c12-9-5-1-2-6-10(9)14-11-7-3-4-8-13-11/h1-8H,(H,13,14). The van der Waals surface area contributed by atoms with Crippen LogP contribution in [0.2, 0.25) is 0 Å². The molecule has 1 aromatic heterocycles. The SMILES string of the molecule is Ic1ccccc1Nc1ccccn1. The third-order valence-electron chi connectivity index (χ3n) is 1.80. The molecule has 0 unspecified atom stereocenters. The second-order valence-electron chi connectivity index (χ2n) is 2.82. The Labute approximate surface area is 96.5 Å². The molecule has 0 radical (unpaired) electrons. The van der Waals surface area contributed by atoms with Crippen LogP contribution >= 0.6 is 22.6 Å². The minimum atomic E-state index is 0.872. The van der Waals surface area contributed by atoms with E-state index in [2.05, 4.69) is 39.0 Å². The van der Waals surface area contributed by atoms with Gasteiger partial charge in [0.15, 0.2) is 0 Å². The number of nitrogens with zero attached hydrogens (tertiary/aromatic N) is 1. The summed E-state index contributed by atoms with van der Waals surface area (Å²) < 4.78 is 1.19. The summed E-state index contributed by atoms with van der Waals surface area (Å²) >= 11 is 2.30. The fourth-order valence-corrected chi connectivity index (χ4v) is 1.66. The highest BCUT2D eigenvalue weighted by Gasteiger charge is 1.97. The topological polar surface area (TPSA) is 24.9 Å². The van der Waals surface area contributed by atoms with Crippen molar-refractivity contribution in [1.82, 2.24) is 4.98 Å². The van der Waals surface area contributed by atoms with Crippen LogP contribution in [-0.4, -0.2) is 4.98 Å². The van der Waals surface area contributed by atoms with Gasteiger partial charge in [-0.05, 0) is 46.9 Å². The van der Waals surface area contributed by atoms with E-state index in [1.165, 1.54) is 3.57 Å². The summed E-state index contributed by atoms with van der Waals surface area (Å²) in [5, 5.41) is 3.25. The van der Waals surface area contributed by atoms with E-state index in [4.69, 9.17) is 0 Å². The van der Waals surface area contributed by atoms with Crippen molar-refractivity contribution in [3.8, 4) is 0 Å². The fourth-order valence-electron chi connectivity index (χ4n) is 1.14. The van der Waals surface area contributed by atoms with Gasteiger partial charge in [-0.3, -0.25) is 0 Å². The number of hydrogen-bond donors (Lipinski definition) is 1. The number of anilines is 2. The van der Waals surface area contributed by atoms with Crippen LogP contribution in [0.5, 0.6) is 0 Å². The molecular formula is C11H9IN2. The minimum Gasteiger partial charge on any atom is -0.339 e. The molecule has 0 atom stereocenters. The highest BCUT2D eigenvalue weighted by molar-refractivity contribution is 14.1. The second kappa shape index (κ2) is 4.41. The van der Waals surface area contributed by atoms with Gasteiger partial charge in [0.25, 0.3) is 0 Å². The first-order valence-corrected chi connectivity index (χ1v) is 5.37. The first-order chi connectivity index (χ1) is 6.86. The summed E-state index contributed by atoms with van der Waals surface area (Å²) in [6.07, 6.45) is 1.78. The van der Waals surface area contributed by atoms with E-state index in [0.29, 0.717) is 0 Å². The van der Waals surface area contributed by atoms with Crippen LogP contribution in [-0.2, 0) is 0 Å². The van der Waals surface area contributed by atoms with Gasteiger partial charge in [-0.2, -0.15) is 0 Å². The molecule has 2 aromatic rings. The molecule has 0 saturated carbocycles. The maximum absolute atomic E-state index is 4.20. The van der Waals surface area contributed by atoms with E-state index >= 15 is 0 Å². The van der Waals surface area contributed by atoms with Crippen molar-refractivity contribution >= 4 is 34.1 Å². The average Bonchev–Trinajstić information content (AvgIpc) is 2.23. The zero-order chi connectivity index (χ0) is 9.80. The average molecular weight is 296 g/mol. The number of nitrogens with one attached hydrogen (secondary N) is 1. The Bertz CT molecular complexity index is 415. The van der Waals surface area contributed by atoms with Crippen LogP contribution in [0.25, 0.3) is 0 Å². The summed E-state index contributed by atoms with van der Waals surface area (Å²) in [6, 6.07) is 13.9. The van der Waals surface area contributed by atoms with Crippen molar-refractivity contribution in [2.24, 2.45) is 0 Å². The van der Waals surface area contributed by atoms with Gasteiger partial charge in [0, 0.05) is 9.77 Å². The summed E-state index contributed by atoms with van der Waals surface area (Å²) in [4.78, 5) is 4.20. The quantitative estimate of drug-likeness (QED) is 0.859. The Morgan fingerprint density at radius 1 is 1.00 bits per heavy atom. The molecule has 1 N–H and O–H groups in total. The van der Waals surface area contributed by atoms with Gasteiger partial charge in [-0.15, -0.1) is 0 Å². The molecule has 0 spiro atoms. The van der Waals surface area contributed by atoms with Gasteiger partial charge >= 0.3 is 0 Å². The fraction of sp³-hybridized carbons (Fsp3) is 0. The van der Waals surface area contributed by atoms with E-state index < -0.39 is 0 Å².